The Balaban J connectivity index is 1.83. The molecule has 2 aromatic rings. The van der Waals surface area contributed by atoms with Gasteiger partial charge in [-0.2, -0.15) is 0 Å². The number of fused-ring (bicyclic) bond motifs is 1. The van der Waals surface area contributed by atoms with Gasteiger partial charge in [0, 0.05) is 12.2 Å². The zero-order valence-corrected chi connectivity index (χ0v) is 11.6. The van der Waals surface area contributed by atoms with E-state index in [1.54, 1.807) is 11.3 Å². The second-order valence-electron chi connectivity index (χ2n) is 5.63. The van der Waals surface area contributed by atoms with Crippen molar-refractivity contribution >= 4 is 21.6 Å². The zero-order chi connectivity index (χ0) is 12.5. The van der Waals surface area contributed by atoms with E-state index in [0.29, 0.717) is 5.92 Å². The Hall–Kier alpha value is -0.930. The van der Waals surface area contributed by atoms with Crippen molar-refractivity contribution in [3.8, 4) is 0 Å². The molecule has 3 atom stereocenters. The highest BCUT2D eigenvalue weighted by atomic mass is 32.1. The van der Waals surface area contributed by atoms with Crippen molar-refractivity contribution in [2.75, 3.05) is 0 Å². The molecule has 0 saturated heterocycles. The molecule has 0 spiro atoms. The van der Waals surface area contributed by atoms with Gasteiger partial charge in [0.25, 0.3) is 0 Å². The quantitative estimate of drug-likeness (QED) is 0.882. The summed E-state index contributed by atoms with van der Waals surface area (Å²) in [5.74, 6) is 1.46. The summed E-state index contributed by atoms with van der Waals surface area (Å²) in [4.78, 5) is 4.51. The summed E-state index contributed by atoms with van der Waals surface area (Å²) in [7, 11) is 0. The van der Waals surface area contributed by atoms with Crippen molar-refractivity contribution in [3.63, 3.8) is 0 Å². The normalized spacial score (nSPS) is 26.3. The molecule has 0 radical (unpaired) electrons. The fourth-order valence-corrected chi connectivity index (χ4v) is 3.91. The minimum Gasteiger partial charge on any atom is -0.324 e. The average Bonchev–Trinajstić information content (AvgIpc) is 2.85. The molecule has 2 N–H and O–H groups in total. The molecule has 0 aliphatic heterocycles. The number of nitrogens with zero attached hydrogens (tertiary/aromatic N) is 1. The van der Waals surface area contributed by atoms with Gasteiger partial charge in [0.1, 0.15) is 0 Å². The Morgan fingerprint density at radius 3 is 3.17 bits per heavy atom. The second kappa shape index (κ2) is 4.98. The van der Waals surface area contributed by atoms with Gasteiger partial charge in [-0.15, -0.1) is 11.3 Å². The van der Waals surface area contributed by atoms with Crippen LogP contribution in [-0.4, -0.2) is 4.98 Å². The summed E-state index contributed by atoms with van der Waals surface area (Å²) >= 11 is 1.75. The molecular weight excluding hydrogens is 240 g/mol. The lowest BCUT2D eigenvalue weighted by molar-refractivity contribution is 0.248. The summed E-state index contributed by atoms with van der Waals surface area (Å²) in [6, 6.07) is 4.46. The molecule has 2 heterocycles. The molecule has 18 heavy (non-hydrogen) atoms. The van der Waals surface area contributed by atoms with Crippen LogP contribution in [0.1, 0.15) is 44.2 Å². The Morgan fingerprint density at radius 2 is 2.33 bits per heavy atom. The van der Waals surface area contributed by atoms with Gasteiger partial charge in [0.2, 0.25) is 0 Å². The third-order valence-corrected chi connectivity index (χ3v) is 5.05. The van der Waals surface area contributed by atoms with Gasteiger partial charge in [0.05, 0.1) is 10.2 Å². The molecule has 1 aliphatic rings. The molecule has 0 bridgehead atoms. The predicted octanol–water partition coefficient (Wildman–Crippen LogP) is 4.12. The van der Waals surface area contributed by atoms with Crippen LogP contribution < -0.4 is 5.73 Å². The van der Waals surface area contributed by atoms with Crippen molar-refractivity contribution < 1.29 is 0 Å². The van der Waals surface area contributed by atoms with Crippen LogP contribution in [0.3, 0.4) is 0 Å². The van der Waals surface area contributed by atoms with Gasteiger partial charge in [-0.05, 0) is 47.8 Å². The molecule has 1 fully saturated rings. The second-order valence-corrected chi connectivity index (χ2v) is 6.58. The highest BCUT2D eigenvalue weighted by Crippen LogP contribution is 2.36. The van der Waals surface area contributed by atoms with E-state index in [1.165, 1.54) is 35.9 Å². The van der Waals surface area contributed by atoms with Gasteiger partial charge < -0.3 is 5.73 Å². The molecular formula is C15H20N2S. The first kappa shape index (κ1) is 12.1. The number of pyridine rings is 1. The summed E-state index contributed by atoms with van der Waals surface area (Å²) in [6.45, 7) is 2.35. The fraction of sp³-hybridized carbons (Fsp3) is 0.533. The first-order valence-corrected chi connectivity index (χ1v) is 7.71. The van der Waals surface area contributed by atoms with E-state index in [9.17, 15) is 0 Å². The van der Waals surface area contributed by atoms with E-state index in [2.05, 4.69) is 29.4 Å². The first-order chi connectivity index (χ1) is 8.74. The van der Waals surface area contributed by atoms with Crippen LogP contribution in [0.2, 0.25) is 0 Å². The Kier molecular flexibility index (Phi) is 3.35. The maximum Gasteiger partial charge on any atom is 0.0809 e. The molecule has 96 valence electrons. The first-order valence-electron chi connectivity index (χ1n) is 6.83. The zero-order valence-electron chi connectivity index (χ0n) is 10.8. The number of hydrogen-bond donors (Lipinski definition) is 1. The highest BCUT2D eigenvalue weighted by molar-refractivity contribution is 7.17. The standard InChI is InChI=1S/C15H20N2S/c1-10-3-2-4-11(7-10)15(16)12-8-14-13(17-9-12)5-6-18-14/h5-6,8-11,15H,2-4,7,16H2,1H3. The maximum absolute atomic E-state index is 6.46. The highest BCUT2D eigenvalue weighted by Gasteiger charge is 2.25. The number of aromatic nitrogens is 1. The van der Waals surface area contributed by atoms with Crippen molar-refractivity contribution in [1.29, 1.82) is 0 Å². The van der Waals surface area contributed by atoms with E-state index < -0.39 is 0 Å². The van der Waals surface area contributed by atoms with Crippen molar-refractivity contribution in [3.05, 3.63) is 29.3 Å². The largest absolute Gasteiger partial charge is 0.324 e. The predicted molar refractivity (Wildman–Crippen MR) is 77.7 cm³/mol. The number of thiophene rings is 1. The van der Waals surface area contributed by atoms with Gasteiger partial charge in [0.15, 0.2) is 0 Å². The Labute approximate surface area is 112 Å². The maximum atomic E-state index is 6.46. The molecule has 3 unspecified atom stereocenters. The Morgan fingerprint density at radius 1 is 1.44 bits per heavy atom. The lowest BCUT2D eigenvalue weighted by Gasteiger charge is -2.31. The number of hydrogen-bond acceptors (Lipinski definition) is 3. The van der Waals surface area contributed by atoms with E-state index in [0.717, 1.165) is 11.4 Å². The Bertz CT molecular complexity index is 534. The molecule has 0 amide bonds. The van der Waals surface area contributed by atoms with Gasteiger partial charge in [-0.1, -0.05) is 19.8 Å². The van der Waals surface area contributed by atoms with Gasteiger partial charge >= 0.3 is 0 Å². The lowest BCUT2D eigenvalue weighted by Crippen LogP contribution is -2.26. The van der Waals surface area contributed by atoms with Crippen LogP contribution in [0.4, 0.5) is 0 Å². The summed E-state index contributed by atoms with van der Waals surface area (Å²) < 4.78 is 1.26. The molecule has 3 heteroatoms. The van der Waals surface area contributed by atoms with Crippen LogP contribution in [0.25, 0.3) is 10.2 Å². The minimum atomic E-state index is 0.159. The summed E-state index contributed by atoms with van der Waals surface area (Å²) in [5.41, 5.74) is 8.76. The molecule has 1 aliphatic carbocycles. The van der Waals surface area contributed by atoms with Crippen LogP contribution in [0.5, 0.6) is 0 Å². The van der Waals surface area contributed by atoms with Crippen molar-refractivity contribution in [1.82, 2.24) is 4.98 Å². The molecule has 3 rings (SSSR count). The van der Waals surface area contributed by atoms with Gasteiger partial charge in [-0.25, -0.2) is 0 Å². The SMILES string of the molecule is CC1CCCC(C(N)c2cnc3ccsc3c2)C1. The molecule has 0 aromatic carbocycles. The van der Waals surface area contributed by atoms with E-state index in [4.69, 9.17) is 5.73 Å². The number of rotatable bonds is 2. The third-order valence-electron chi connectivity index (χ3n) is 4.19. The fourth-order valence-electron chi connectivity index (χ4n) is 3.12. The topological polar surface area (TPSA) is 38.9 Å². The smallest absolute Gasteiger partial charge is 0.0809 e. The summed E-state index contributed by atoms with van der Waals surface area (Å²) in [6.07, 6.45) is 7.20. The van der Waals surface area contributed by atoms with E-state index in [1.807, 2.05) is 6.20 Å². The molecule has 1 saturated carbocycles. The van der Waals surface area contributed by atoms with Crippen LogP contribution in [0.15, 0.2) is 23.7 Å². The summed E-state index contributed by atoms with van der Waals surface area (Å²) in [5, 5.41) is 2.09. The van der Waals surface area contributed by atoms with Crippen LogP contribution >= 0.6 is 11.3 Å². The number of nitrogens with two attached hydrogens (primary N) is 1. The lowest BCUT2D eigenvalue weighted by atomic mass is 9.77. The van der Waals surface area contributed by atoms with Gasteiger partial charge in [-0.3, -0.25) is 4.98 Å². The van der Waals surface area contributed by atoms with Crippen molar-refractivity contribution in [2.24, 2.45) is 17.6 Å². The van der Waals surface area contributed by atoms with Crippen molar-refractivity contribution in [2.45, 2.75) is 38.6 Å². The van der Waals surface area contributed by atoms with E-state index in [-0.39, 0.29) is 6.04 Å². The third kappa shape index (κ3) is 2.29. The monoisotopic (exact) mass is 260 g/mol. The van der Waals surface area contributed by atoms with Crippen LogP contribution in [0, 0.1) is 11.8 Å². The van der Waals surface area contributed by atoms with E-state index >= 15 is 0 Å². The molecule has 2 aromatic heterocycles. The van der Waals surface area contributed by atoms with Crippen LogP contribution in [-0.2, 0) is 0 Å². The molecule has 2 nitrogen and oxygen atoms in total. The average molecular weight is 260 g/mol. The minimum absolute atomic E-state index is 0.159.